The summed E-state index contributed by atoms with van der Waals surface area (Å²) in [7, 11) is 0. The highest BCUT2D eigenvalue weighted by molar-refractivity contribution is 6.09. The van der Waals surface area contributed by atoms with Crippen LogP contribution < -0.4 is 5.32 Å². The van der Waals surface area contributed by atoms with E-state index in [0.29, 0.717) is 11.2 Å². The average molecular weight is 321 g/mol. The topological polar surface area (TPSA) is 78.0 Å². The Kier molecular flexibility index (Phi) is 3.16. The van der Waals surface area contributed by atoms with Crippen LogP contribution in [0.2, 0.25) is 0 Å². The molecule has 6 heteroatoms. The number of amides is 1. The van der Waals surface area contributed by atoms with Crippen molar-refractivity contribution in [1.29, 1.82) is 0 Å². The van der Waals surface area contributed by atoms with E-state index in [1.807, 2.05) is 18.3 Å². The normalized spacial score (nSPS) is 11.0. The Morgan fingerprint density at radius 1 is 1.17 bits per heavy atom. The van der Waals surface area contributed by atoms with Gasteiger partial charge in [0.2, 0.25) is 0 Å². The average Bonchev–Trinajstić information content (AvgIpc) is 3.03. The van der Waals surface area contributed by atoms with Gasteiger partial charge in [-0.15, -0.1) is 0 Å². The molecule has 2 aromatic heterocycles. The quantitative estimate of drug-likeness (QED) is 0.525. The molecule has 0 spiro atoms. The number of hydrogen-bond donors (Lipinski definition) is 3. The molecule has 2 aromatic carbocycles. The molecule has 0 aliphatic rings. The summed E-state index contributed by atoms with van der Waals surface area (Å²) in [5.74, 6) is -1.32. The van der Waals surface area contributed by atoms with Crippen molar-refractivity contribution < 1.29 is 14.3 Å². The van der Waals surface area contributed by atoms with E-state index in [1.165, 1.54) is 18.3 Å². The molecular formula is C18H12FN3O2. The number of pyridine rings is 1. The molecule has 4 aromatic rings. The van der Waals surface area contributed by atoms with Crippen LogP contribution in [-0.2, 0) is 0 Å². The van der Waals surface area contributed by atoms with Crippen molar-refractivity contribution in [1.82, 2.24) is 9.97 Å². The number of hydrogen-bond acceptors (Lipinski definition) is 3. The number of carbonyl (C=O) groups is 1. The Labute approximate surface area is 135 Å². The van der Waals surface area contributed by atoms with Crippen molar-refractivity contribution in [2.24, 2.45) is 0 Å². The molecule has 24 heavy (non-hydrogen) atoms. The third-order valence-corrected chi connectivity index (χ3v) is 3.86. The SMILES string of the molecule is O=C(Nc1ccc2cc[nH]c2c1)c1cnc2ccc(F)cc2c1O. The summed E-state index contributed by atoms with van der Waals surface area (Å²) in [5, 5.41) is 14.2. The number of H-pyrrole nitrogens is 1. The van der Waals surface area contributed by atoms with Crippen LogP contribution in [0.5, 0.6) is 5.75 Å². The second kappa shape index (κ2) is 5.34. The van der Waals surface area contributed by atoms with Crippen LogP contribution in [-0.4, -0.2) is 21.0 Å². The van der Waals surface area contributed by atoms with Gasteiger partial charge < -0.3 is 15.4 Å². The third kappa shape index (κ3) is 2.34. The fourth-order valence-corrected chi connectivity index (χ4v) is 2.64. The molecule has 0 bridgehead atoms. The Morgan fingerprint density at radius 2 is 2.04 bits per heavy atom. The highest BCUT2D eigenvalue weighted by Gasteiger charge is 2.16. The van der Waals surface area contributed by atoms with Crippen LogP contribution in [0.15, 0.2) is 54.9 Å². The van der Waals surface area contributed by atoms with Gasteiger partial charge in [-0.3, -0.25) is 9.78 Å². The lowest BCUT2D eigenvalue weighted by atomic mass is 10.1. The van der Waals surface area contributed by atoms with Gasteiger partial charge in [-0.25, -0.2) is 4.39 Å². The summed E-state index contributed by atoms with van der Waals surface area (Å²) in [6, 6.07) is 11.2. The number of aromatic nitrogens is 2. The first kappa shape index (κ1) is 14.2. The van der Waals surface area contributed by atoms with Gasteiger partial charge in [0.25, 0.3) is 5.91 Å². The zero-order valence-electron chi connectivity index (χ0n) is 12.4. The van der Waals surface area contributed by atoms with E-state index in [9.17, 15) is 14.3 Å². The minimum Gasteiger partial charge on any atom is -0.506 e. The Hall–Kier alpha value is -3.41. The molecule has 0 aliphatic heterocycles. The molecule has 0 radical (unpaired) electrons. The van der Waals surface area contributed by atoms with Gasteiger partial charge in [-0.05, 0) is 41.8 Å². The summed E-state index contributed by atoms with van der Waals surface area (Å²) >= 11 is 0. The lowest BCUT2D eigenvalue weighted by Gasteiger charge is -2.09. The van der Waals surface area contributed by atoms with Crippen molar-refractivity contribution >= 4 is 33.4 Å². The van der Waals surface area contributed by atoms with E-state index < -0.39 is 11.7 Å². The first-order valence-electron chi connectivity index (χ1n) is 7.27. The number of aromatic hydroxyl groups is 1. The van der Waals surface area contributed by atoms with Gasteiger partial charge in [0.05, 0.1) is 5.52 Å². The monoisotopic (exact) mass is 321 g/mol. The Bertz CT molecular complexity index is 1090. The summed E-state index contributed by atoms with van der Waals surface area (Å²) in [6.07, 6.45) is 3.09. The van der Waals surface area contributed by atoms with Crippen molar-refractivity contribution in [3.05, 3.63) is 66.2 Å². The molecule has 0 saturated carbocycles. The number of halogens is 1. The lowest BCUT2D eigenvalue weighted by molar-refractivity contribution is 0.102. The minimum atomic E-state index is -0.517. The van der Waals surface area contributed by atoms with Gasteiger partial charge >= 0.3 is 0 Å². The van der Waals surface area contributed by atoms with Gasteiger partial charge in [0.15, 0.2) is 0 Å². The number of aromatic amines is 1. The molecular weight excluding hydrogens is 309 g/mol. The maximum atomic E-state index is 13.4. The van der Waals surface area contributed by atoms with Crippen LogP contribution in [0.4, 0.5) is 10.1 Å². The maximum absolute atomic E-state index is 13.4. The second-order valence-corrected chi connectivity index (χ2v) is 5.42. The number of fused-ring (bicyclic) bond motifs is 2. The number of nitrogens with one attached hydrogen (secondary N) is 2. The Balaban J connectivity index is 1.71. The van der Waals surface area contributed by atoms with Gasteiger partial charge in [-0.1, -0.05) is 6.07 Å². The highest BCUT2D eigenvalue weighted by atomic mass is 19.1. The zero-order valence-corrected chi connectivity index (χ0v) is 12.4. The van der Waals surface area contributed by atoms with E-state index >= 15 is 0 Å². The van der Waals surface area contributed by atoms with Crippen LogP contribution >= 0.6 is 0 Å². The van der Waals surface area contributed by atoms with Crippen molar-refractivity contribution in [2.75, 3.05) is 5.32 Å². The van der Waals surface area contributed by atoms with E-state index in [4.69, 9.17) is 0 Å². The molecule has 1 amide bonds. The number of benzene rings is 2. The summed E-state index contributed by atoms with van der Waals surface area (Å²) < 4.78 is 13.4. The van der Waals surface area contributed by atoms with Crippen LogP contribution in [0, 0.1) is 5.82 Å². The molecule has 0 unspecified atom stereocenters. The molecule has 2 heterocycles. The first-order chi connectivity index (χ1) is 11.6. The molecule has 118 valence electrons. The molecule has 0 aliphatic carbocycles. The molecule has 0 saturated heterocycles. The van der Waals surface area contributed by atoms with Crippen LogP contribution in [0.1, 0.15) is 10.4 Å². The third-order valence-electron chi connectivity index (χ3n) is 3.86. The predicted molar refractivity (Wildman–Crippen MR) is 89.6 cm³/mol. The smallest absolute Gasteiger partial charge is 0.261 e. The molecule has 0 atom stereocenters. The van der Waals surface area contributed by atoms with Gasteiger partial charge in [0.1, 0.15) is 17.1 Å². The van der Waals surface area contributed by atoms with Crippen molar-refractivity contribution in [3.8, 4) is 5.75 Å². The van der Waals surface area contributed by atoms with E-state index in [0.717, 1.165) is 17.0 Å². The Morgan fingerprint density at radius 3 is 2.92 bits per heavy atom. The summed E-state index contributed by atoms with van der Waals surface area (Å²) in [6.45, 7) is 0. The molecule has 4 rings (SSSR count). The van der Waals surface area contributed by atoms with E-state index in [2.05, 4.69) is 15.3 Å². The fourth-order valence-electron chi connectivity index (χ4n) is 2.64. The van der Waals surface area contributed by atoms with Crippen molar-refractivity contribution in [3.63, 3.8) is 0 Å². The van der Waals surface area contributed by atoms with E-state index in [-0.39, 0.29) is 16.7 Å². The van der Waals surface area contributed by atoms with Crippen molar-refractivity contribution in [2.45, 2.75) is 0 Å². The minimum absolute atomic E-state index is 0.0142. The van der Waals surface area contributed by atoms with Gasteiger partial charge in [0, 0.05) is 29.0 Å². The second-order valence-electron chi connectivity index (χ2n) is 5.42. The molecule has 3 N–H and O–H groups in total. The molecule has 0 fully saturated rings. The molecule has 5 nitrogen and oxygen atoms in total. The zero-order chi connectivity index (χ0) is 16.7. The van der Waals surface area contributed by atoms with E-state index in [1.54, 1.807) is 12.1 Å². The highest BCUT2D eigenvalue weighted by Crippen LogP contribution is 2.28. The maximum Gasteiger partial charge on any atom is 0.261 e. The standard InChI is InChI=1S/C18H12FN3O2/c19-11-2-4-15-13(7-11)17(23)14(9-21-15)18(24)22-12-3-1-10-5-6-20-16(10)8-12/h1-9,20H,(H,21,23)(H,22,24). The van der Waals surface area contributed by atoms with Crippen LogP contribution in [0.3, 0.4) is 0 Å². The van der Waals surface area contributed by atoms with Gasteiger partial charge in [-0.2, -0.15) is 0 Å². The number of rotatable bonds is 2. The first-order valence-corrected chi connectivity index (χ1v) is 7.27. The summed E-state index contributed by atoms with van der Waals surface area (Å²) in [4.78, 5) is 19.6. The fraction of sp³-hybridized carbons (Fsp3) is 0. The number of nitrogens with zero attached hydrogens (tertiary/aromatic N) is 1. The number of anilines is 1. The predicted octanol–water partition coefficient (Wildman–Crippen LogP) is 3.81. The summed E-state index contributed by atoms with van der Waals surface area (Å²) in [5.41, 5.74) is 1.86. The number of carbonyl (C=O) groups excluding carboxylic acids is 1. The van der Waals surface area contributed by atoms with Crippen LogP contribution in [0.25, 0.3) is 21.8 Å². The largest absolute Gasteiger partial charge is 0.506 e. The lowest BCUT2D eigenvalue weighted by Crippen LogP contribution is -2.12.